The summed E-state index contributed by atoms with van der Waals surface area (Å²) in [5, 5.41) is 6.23. The van der Waals surface area contributed by atoms with Crippen molar-refractivity contribution in [3.05, 3.63) is 35.5 Å². The molecule has 11 heteroatoms. The first-order valence-corrected chi connectivity index (χ1v) is 9.84. The van der Waals surface area contributed by atoms with Crippen molar-refractivity contribution in [2.45, 2.75) is 44.8 Å². The van der Waals surface area contributed by atoms with Gasteiger partial charge in [-0.25, -0.2) is 4.98 Å². The Kier molecular flexibility index (Phi) is 10.1. The van der Waals surface area contributed by atoms with Crippen LogP contribution in [0.5, 0.6) is 0 Å². The van der Waals surface area contributed by atoms with Crippen LogP contribution in [0.2, 0.25) is 0 Å². The van der Waals surface area contributed by atoms with Crippen molar-refractivity contribution in [2.24, 2.45) is 0 Å². The van der Waals surface area contributed by atoms with Crippen molar-refractivity contribution in [1.82, 2.24) is 15.3 Å². The zero-order valence-electron chi connectivity index (χ0n) is 17.5. The second-order valence-corrected chi connectivity index (χ2v) is 7.29. The smallest absolute Gasteiger partial charge is 0.398 e. The minimum Gasteiger partial charge on any atom is -0.398 e. The van der Waals surface area contributed by atoms with Crippen LogP contribution < -0.4 is 21.3 Å². The van der Waals surface area contributed by atoms with Gasteiger partial charge in [0.25, 0.3) is 0 Å². The standard InChI is InChI=1S/C20H27F3N6.2ClH/c1-3-5-13-11-18(29-9-4-6-15(12-29)25-2)28-19(26-13)27-14-7-8-17(24)16(10-14)20(21,22)23;;/h7-8,10-11,15,25H,3-6,9,12,24H2,1-2H3,(H,26,27,28);2*1H/t15-;;/m1../s1. The van der Waals surface area contributed by atoms with Gasteiger partial charge in [0.05, 0.1) is 5.56 Å². The van der Waals surface area contributed by atoms with E-state index in [1.165, 1.54) is 12.1 Å². The molecule has 31 heavy (non-hydrogen) atoms. The van der Waals surface area contributed by atoms with Crippen LogP contribution in [-0.4, -0.2) is 36.1 Å². The Morgan fingerprint density at radius 1 is 1.19 bits per heavy atom. The molecule has 3 rings (SSSR count). The lowest BCUT2D eigenvalue weighted by atomic mass is 10.1. The number of piperidine rings is 1. The van der Waals surface area contributed by atoms with Crippen LogP contribution in [0.15, 0.2) is 24.3 Å². The number of halogens is 5. The zero-order chi connectivity index (χ0) is 21.0. The number of anilines is 4. The summed E-state index contributed by atoms with van der Waals surface area (Å²) in [5.41, 5.74) is 5.41. The molecule has 1 fully saturated rings. The van der Waals surface area contributed by atoms with Gasteiger partial charge >= 0.3 is 6.18 Å². The fourth-order valence-electron chi connectivity index (χ4n) is 3.51. The molecule has 1 aromatic heterocycles. The third-order valence-corrected chi connectivity index (χ3v) is 5.04. The summed E-state index contributed by atoms with van der Waals surface area (Å²) in [6.45, 7) is 3.78. The normalized spacial score (nSPS) is 16.3. The van der Waals surface area contributed by atoms with Gasteiger partial charge in [0.1, 0.15) is 5.82 Å². The molecule has 2 aromatic rings. The highest BCUT2D eigenvalue weighted by atomic mass is 35.5. The van der Waals surface area contributed by atoms with E-state index in [2.05, 4.69) is 32.4 Å². The summed E-state index contributed by atoms with van der Waals surface area (Å²) in [6, 6.07) is 6.08. The minimum absolute atomic E-state index is 0. The van der Waals surface area contributed by atoms with Crippen LogP contribution in [0, 0.1) is 0 Å². The van der Waals surface area contributed by atoms with Crippen molar-refractivity contribution >= 4 is 48.0 Å². The number of nitrogen functional groups attached to an aromatic ring is 1. The molecular weight excluding hydrogens is 452 g/mol. The van der Waals surface area contributed by atoms with Crippen molar-refractivity contribution in [1.29, 1.82) is 0 Å². The van der Waals surface area contributed by atoms with Crippen LogP contribution in [0.4, 0.5) is 36.3 Å². The Morgan fingerprint density at radius 3 is 2.58 bits per heavy atom. The highest BCUT2D eigenvalue weighted by molar-refractivity contribution is 5.85. The molecule has 1 aliphatic rings. The van der Waals surface area contributed by atoms with Crippen LogP contribution in [0.1, 0.15) is 37.4 Å². The van der Waals surface area contributed by atoms with Crippen molar-refractivity contribution in [3.63, 3.8) is 0 Å². The Balaban J connectivity index is 0.00000240. The first-order chi connectivity index (χ1) is 13.8. The van der Waals surface area contributed by atoms with Gasteiger partial charge in [-0.1, -0.05) is 13.3 Å². The lowest BCUT2D eigenvalue weighted by Gasteiger charge is -2.33. The zero-order valence-corrected chi connectivity index (χ0v) is 19.1. The summed E-state index contributed by atoms with van der Waals surface area (Å²) >= 11 is 0. The predicted octanol–water partition coefficient (Wildman–Crippen LogP) is 4.81. The molecule has 1 aromatic carbocycles. The quantitative estimate of drug-likeness (QED) is 0.515. The first kappa shape index (κ1) is 27.1. The second kappa shape index (κ2) is 11.6. The molecular formula is C20H29Cl2F3N6. The van der Waals surface area contributed by atoms with Gasteiger partial charge in [0, 0.05) is 42.3 Å². The molecule has 0 saturated carbocycles. The highest BCUT2D eigenvalue weighted by Gasteiger charge is 2.33. The lowest BCUT2D eigenvalue weighted by molar-refractivity contribution is -0.136. The summed E-state index contributed by atoms with van der Waals surface area (Å²) in [6.07, 6.45) is -0.684. The van der Waals surface area contributed by atoms with E-state index < -0.39 is 11.7 Å². The first-order valence-electron chi connectivity index (χ1n) is 9.84. The summed E-state index contributed by atoms with van der Waals surface area (Å²) < 4.78 is 39.5. The van der Waals surface area contributed by atoms with Crippen molar-refractivity contribution in [3.8, 4) is 0 Å². The Morgan fingerprint density at radius 2 is 1.94 bits per heavy atom. The predicted molar refractivity (Wildman–Crippen MR) is 124 cm³/mol. The third-order valence-electron chi connectivity index (χ3n) is 5.04. The fourth-order valence-corrected chi connectivity index (χ4v) is 3.51. The van der Waals surface area contributed by atoms with Gasteiger partial charge in [-0.15, -0.1) is 24.8 Å². The van der Waals surface area contributed by atoms with Gasteiger partial charge in [-0.2, -0.15) is 18.2 Å². The monoisotopic (exact) mass is 480 g/mol. The van der Waals surface area contributed by atoms with Gasteiger partial charge in [0.2, 0.25) is 5.95 Å². The largest absolute Gasteiger partial charge is 0.418 e. The van der Waals surface area contributed by atoms with E-state index in [-0.39, 0.29) is 42.1 Å². The molecule has 0 radical (unpaired) electrons. The molecule has 6 nitrogen and oxygen atoms in total. The maximum atomic E-state index is 13.2. The second-order valence-electron chi connectivity index (χ2n) is 7.29. The maximum Gasteiger partial charge on any atom is 0.418 e. The number of rotatable bonds is 6. The molecule has 2 heterocycles. The van der Waals surface area contributed by atoms with E-state index >= 15 is 0 Å². The summed E-state index contributed by atoms with van der Waals surface area (Å²) in [7, 11) is 1.95. The molecule has 0 aliphatic carbocycles. The van der Waals surface area contributed by atoms with E-state index in [0.717, 1.165) is 56.4 Å². The highest BCUT2D eigenvalue weighted by Crippen LogP contribution is 2.35. The molecule has 4 N–H and O–H groups in total. The average molecular weight is 481 g/mol. The Hall–Kier alpha value is -1.97. The third kappa shape index (κ3) is 7.02. The number of nitrogens with two attached hydrogens (primary N) is 1. The van der Waals surface area contributed by atoms with Gasteiger partial charge in [-0.05, 0) is 44.5 Å². The number of benzene rings is 1. The molecule has 1 saturated heterocycles. The lowest BCUT2D eigenvalue weighted by Crippen LogP contribution is -2.44. The molecule has 174 valence electrons. The fraction of sp³-hybridized carbons (Fsp3) is 0.500. The van der Waals surface area contributed by atoms with E-state index in [4.69, 9.17) is 5.73 Å². The molecule has 0 bridgehead atoms. The summed E-state index contributed by atoms with van der Waals surface area (Å²) in [5.74, 6) is 1.08. The van der Waals surface area contributed by atoms with Crippen LogP contribution in [-0.2, 0) is 12.6 Å². The number of likely N-dealkylation sites (N-methyl/N-ethyl adjacent to an activating group) is 1. The molecule has 0 amide bonds. The van der Waals surface area contributed by atoms with E-state index in [0.29, 0.717) is 6.04 Å². The summed E-state index contributed by atoms with van der Waals surface area (Å²) in [4.78, 5) is 11.3. The number of hydrogen-bond donors (Lipinski definition) is 3. The van der Waals surface area contributed by atoms with Crippen molar-refractivity contribution < 1.29 is 13.2 Å². The Labute approximate surface area is 193 Å². The number of aryl methyl sites for hydroxylation is 1. The topological polar surface area (TPSA) is 79.1 Å². The van der Waals surface area contributed by atoms with Gasteiger partial charge < -0.3 is 21.3 Å². The number of alkyl halides is 3. The van der Waals surface area contributed by atoms with E-state index in [1.54, 1.807) is 0 Å². The van der Waals surface area contributed by atoms with Gasteiger partial charge in [-0.3, -0.25) is 0 Å². The van der Waals surface area contributed by atoms with Crippen molar-refractivity contribution in [2.75, 3.05) is 36.1 Å². The average Bonchev–Trinajstić information content (AvgIpc) is 2.69. The Bertz CT molecular complexity index is 850. The molecule has 1 atom stereocenters. The van der Waals surface area contributed by atoms with Crippen LogP contribution in [0.25, 0.3) is 0 Å². The number of hydrogen-bond acceptors (Lipinski definition) is 6. The van der Waals surface area contributed by atoms with E-state index in [9.17, 15) is 13.2 Å². The molecule has 0 unspecified atom stereocenters. The molecule has 0 spiro atoms. The molecule has 1 aliphatic heterocycles. The number of nitrogens with one attached hydrogen (secondary N) is 2. The number of aromatic nitrogens is 2. The van der Waals surface area contributed by atoms with E-state index in [1.807, 2.05) is 13.1 Å². The number of nitrogens with zero attached hydrogens (tertiary/aromatic N) is 3. The maximum absolute atomic E-state index is 13.2. The minimum atomic E-state index is -4.52. The SMILES string of the molecule is CCCc1cc(N2CCC[C@@H](NC)C2)nc(Nc2ccc(N)c(C(F)(F)F)c2)n1.Cl.Cl. The van der Waals surface area contributed by atoms with Gasteiger partial charge in [0.15, 0.2) is 0 Å². The van der Waals surface area contributed by atoms with Crippen LogP contribution >= 0.6 is 24.8 Å². The van der Waals surface area contributed by atoms with Crippen LogP contribution in [0.3, 0.4) is 0 Å².